The molecule has 0 saturated carbocycles. The van der Waals surface area contributed by atoms with Crippen molar-refractivity contribution in [2.75, 3.05) is 11.9 Å². The van der Waals surface area contributed by atoms with Crippen LogP contribution in [0.3, 0.4) is 0 Å². The van der Waals surface area contributed by atoms with Crippen LogP contribution < -0.4 is 15.4 Å². The van der Waals surface area contributed by atoms with Crippen molar-refractivity contribution in [2.24, 2.45) is 0 Å². The fraction of sp³-hybridized carbons (Fsp3) is 0.304. The number of unbranched alkanes of at least 4 members (excludes halogenated alkanes) is 1. The number of carbonyl (C=O) groups is 2. The summed E-state index contributed by atoms with van der Waals surface area (Å²) in [6.07, 6.45) is 2.04. The van der Waals surface area contributed by atoms with Gasteiger partial charge < -0.3 is 10.1 Å². The van der Waals surface area contributed by atoms with Gasteiger partial charge in [0.15, 0.2) is 0 Å². The molecule has 2 amide bonds. The van der Waals surface area contributed by atoms with Gasteiger partial charge >= 0.3 is 0 Å². The summed E-state index contributed by atoms with van der Waals surface area (Å²) in [4.78, 5) is 24.9. The second kappa shape index (κ2) is 10.7. The first-order chi connectivity index (χ1) is 15.0. The quantitative estimate of drug-likeness (QED) is 0.482. The minimum absolute atomic E-state index is 0.333. The summed E-state index contributed by atoms with van der Waals surface area (Å²) in [6, 6.07) is 14.0. The van der Waals surface area contributed by atoms with Gasteiger partial charge in [-0.25, -0.2) is 0 Å². The third-order valence-electron chi connectivity index (χ3n) is 4.58. The lowest BCUT2D eigenvalue weighted by molar-refractivity contribution is -0.117. The molecule has 2 N–H and O–H groups in total. The maximum atomic E-state index is 12.5. The predicted octanol–water partition coefficient (Wildman–Crippen LogP) is 4.45. The van der Waals surface area contributed by atoms with Crippen LogP contribution in [0.1, 0.15) is 42.6 Å². The van der Waals surface area contributed by atoms with E-state index >= 15 is 0 Å². The van der Waals surface area contributed by atoms with Crippen LogP contribution in [0.25, 0.3) is 10.6 Å². The smallest absolute Gasteiger partial charge is 0.251 e. The summed E-state index contributed by atoms with van der Waals surface area (Å²) < 4.78 is 5.60. The Labute approximate surface area is 185 Å². The second-order valence-electron chi connectivity index (χ2n) is 7.19. The van der Waals surface area contributed by atoms with Crippen molar-refractivity contribution in [1.29, 1.82) is 0 Å². The Morgan fingerprint density at radius 1 is 1.06 bits per heavy atom. The molecule has 3 rings (SSSR count). The molecule has 3 aromatic rings. The molecule has 0 spiro atoms. The van der Waals surface area contributed by atoms with Gasteiger partial charge in [0.05, 0.1) is 6.61 Å². The van der Waals surface area contributed by atoms with Gasteiger partial charge in [-0.05, 0) is 44.5 Å². The zero-order chi connectivity index (χ0) is 22.2. The highest BCUT2D eigenvalue weighted by Gasteiger charge is 2.18. The number of hydrogen-bond acceptors (Lipinski definition) is 6. The van der Waals surface area contributed by atoms with Crippen molar-refractivity contribution in [3.05, 3.63) is 59.7 Å². The standard InChI is InChI=1S/C23H26N4O3S/c1-4-5-14-30-19-12-10-17(11-13-19)21(29)24-16(3)20(28)25-23-27-26-22(31-23)18-8-6-15(2)7-9-18/h6-13,16H,4-5,14H2,1-3H3,(H,24,29)(H,25,27,28). The van der Waals surface area contributed by atoms with Crippen LogP contribution in [0.5, 0.6) is 5.75 Å². The van der Waals surface area contributed by atoms with E-state index in [-0.39, 0.29) is 11.8 Å². The van der Waals surface area contributed by atoms with Crippen LogP contribution in [0.4, 0.5) is 5.13 Å². The SMILES string of the molecule is CCCCOc1ccc(C(=O)NC(C)C(=O)Nc2nnc(-c3ccc(C)cc3)s2)cc1. The molecule has 1 unspecified atom stereocenters. The van der Waals surface area contributed by atoms with E-state index in [2.05, 4.69) is 27.8 Å². The van der Waals surface area contributed by atoms with Crippen LogP contribution in [-0.4, -0.2) is 34.7 Å². The van der Waals surface area contributed by atoms with E-state index in [1.54, 1.807) is 31.2 Å². The monoisotopic (exact) mass is 438 g/mol. The van der Waals surface area contributed by atoms with Gasteiger partial charge in [-0.3, -0.25) is 14.9 Å². The van der Waals surface area contributed by atoms with Crippen LogP contribution in [0, 0.1) is 6.92 Å². The van der Waals surface area contributed by atoms with E-state index in [0.29, 0.717) is 22.3 Å². The molecule has 0 radical (unpaired) electrons. The molecule has 0 fully saturated rings. The third kappa shape index (κ3) is 6.36. The number of anilines is 1. The topological polar surface area (TPSA) is 93.2 Å². The van der Waals surface area contributed by atoms with Crippen molar-refractivity contribution < 1.29 is 14.3 Å². The molecule has 7 nitrogen and oxygen atoms in total. The molecule has 31 heavy (non-hydrogen) atoms. The van der Waals surface area contributed by atoms with E-state index in [1.807, 2.05) is 31.2 Å². The number of aryl methyl sites for hydroxylation is 1. The average Bonchev–Trinajstić information content (AvgIpc) is 3.23. The molecule has 2 aromatic carbocycles. The Morgan fingerprint density at radius 3 is 2.45 bits per heavy atom. The van der Waals surface area contributed by atoms with Crippen LogP contribution in [0.2, 0.25) is 0 Å². The highest BCUT2D eigenvalue weighted by molar-refractivity contribution is 7.18. The number of hydrogen-bond donors (Lipinski definition) is 2. The number of aromatic nitrogens is 2. The average molecular weight is 439 g/mol. The Kier molecular flexibility index (Phi) is 7.72. The van der Waals surface area contributed by atoms with Crippen LogP contribution in [0.15, 0.2) is 48.5 Å². The Morgan fingerprint density at radius 2 is 1.77 bits per heavy atom. The molecule has 0 bridgehead atoms. The maximum absolute atomic E-state index is 12.5. The molecule has 162 valence electrons. The summed E-state index contributed by atoms with van der Waals surface area (Å²) >= 11 is 1.28. The van der Waals surface area contributed by atoms with Gasteiger partial charge in [0.1, 0.15) is 16.8 Å². The number of rotatable bonds is 9. The minimum atomic E-state index is -0.736. The summed E-state index contributed by atoms with van der Waals surface area (Å²) in [7, 11) is 0. The maximum Gasteiger partial charge on any atom is 0.251 e. The summed E-state index contributed by atoms with van der Waals surface area (Å²) in [5.74, 6) is 0.0243. The number of ether oxygens (including phenoxy) is 1. The largest absolute Gasteiger partial charge is 0.494 e. The lowest BCUT2D eigenvalue weighted by Gasteiger charge is -2.13. The first-order valence-corrected chi connectivity index (χ1v) is 11.0. The van der Waals surface area contributed by atoms with E-state index in [0.717, 1.165) is 29.7 Å². The zero-order valence-corrected chi connectivity index (χ0v) is 18.7. The number of amides is 2. The van der Waals surface area contributed by atoms with Gasteiger partial charge in [0.2, 0.25) is 11.0 Å². The molecule has 8 heteroatoms. The molecule has 0 aliphatic heterocycles. The second-order valence-corrected chi connectivity index (χ2v) is 8.17. The van der Waals surface area contributed by atoms with Gasteiger partial charge in [0, 0.05) is 11.1 Å². The molecule has 0 aliphatic rings. The lowest BCUT2D eigenvalue weighted by atomic mass is 10.2. The van der Waals surface area contributed by atoms with Gasteiger partial charge in [0.25, 0.3) is 5.91 Å². The number of benzene rings is 2. The van der Waals surface area contributed by atoms with Gasteiger partial charge in [-0.15, -0.1) is 10.2 Å². The molecule has 1 aromatic heterocycles. The van der Waals surface area contributed by atoms with Crippen LogP contribution in [-0.2, 0) is 4.79 Å². The predicted molar refractivity (Wildman–Crippen MR) is 122 cm³/mol. The fourth-order valence-corrected chi connectivity index (χ4v) is 3.43. The molecular weight excluding hydrogens is 412 g/mol. The van der Waals surface area contributed by atoms with Gasteiger partial charge in [-0.2, -0.15) is 0 Å². The third-order valence-corrected chi connectivity index (χ3v) is 5.47. The van der Waals surface area contributed by atoms with Crippen molar-refractivity contribution in [3.8, 4) is 16.3 Å². The minimum Gasteiger partial charge on any atom is -0.494 e. The van der Waals surface area contributed by atoms with E-state index in [9.17, 15) is 9.59 Å². The fourth-order valence-electron chi connectivity index (χ4n) is 2.68. The molecule has 0 saturated heterocycles. The highest BCUT2D eigenvalue weighted by atomic mass is 32.1. The number of nitrogens with one attached hydrogen (secondary N) is 2. The molecule has 0 aliphatic carbocycles. The van der Waals surface area contributed by atoms with Gasteiger partial charge in [-0.1, -0.05) is 54.5 Å². The Bertz CT molecular complexity index is 1020. The van der Waals surface area contributed by atoms with Crippen molar-refractivity contribution >= 4 is 28.3 Å². The van der Waals surface area contributed by atoms with Crippen molar-refractivity contribution in [2.45, 2.75) is 39.7 Å². The first-order valence-electron chi connectivity index (χ1n) is 10.2. The summed E-state index contributed by atoms with van der Waals surface area (Å²) in [6.45, 7) is 6.39. The van der Waals surface area contributed by atoms with E-state index in [4.69, 9.17) is 4.74 Å². The zero-order valence-electron chi connectivity index (χ0n) is 17.8. The van der Waals surface area contributed by atoms with E-state index < -0.39 is 6.04 Å². The summed E-state index contributed by atoms with van der Waals surface area (Å²) in [5.41, 5.74) is 2.55. The van der Waals surface area contributed by atoms with Crippen molar-refractivity contribution in [3.63, 3.8) is 0 Å². The Hall–Kier alpha value is -3.26. The van der Waals surface area contributed by atoms with Crippen LogP contribution >= 0.6 is 11.3 Å². The molecule has 1 atom stereocenters. The van der Waals surface area contributed by atoms with Crippen molar-refractivity contribution in [1.82, 2.24) is 15.5 Å². The molecular formula is C23H26N4O3S. The van der Waals surface area contributed by atoms with E-state index in [1.165, 1.54) is 11.3 Å². The lowest BCUT2D eigenvalue weighted by Crippen LogP contribution is -2.41. The molecule has 1 heterocycles. The first kappa shape index (κ1) is 22.4. The summed E-state index contributed by atoms with van der Waals surface area (Å²) in [5, 5.41) is 14.7. The highest BCUT2D eigenvalue weighted by Crippen LogP contribution is 2.26. The Balaban J connectivity index is 1.53. The normalized spacial score (nSPS) is 11.6. The number of carbonyl (C=O) groups excluding carboxylic acids is 2. The number of nitrogens with zero attached hydrogens (tertiary/aromatic N) is 2.